The minimum Gasteiger partial charge on any atom is -0.368 e. The molecule has 6 nitrogen and oxygen atoms in total. The number of hydrogen-bond donors (Lipinski definition) is 1. The summed E-state index contributed by atoms with van der Waals surface area (Å²) in [5.74, 6) is 2.69. The number of fused-ring (bicyclic) bond motifs is 1. The van der Waals surface area contributed by atoms with Crippen LogP contribution in [0.5, 0.6) is 0 Å². The third kappa shape index (κ3) is 4.26. The molecule has 0 radical (unpaired) electrons. The van der Waals surface area contributed by atoms with Crippen LogP contribution in [0.4, 0.5) is 5.69 Å². The van der Waals surface area contributed by atoms with Crippen molar-refractivity contribution in [2.45, 2.75) is 25.7 Å². The van der Waals surface area contributed by atoms with Crippen molar-refractivity contribution in [3.8, 4) is 0 Å². The molecule has 152 valence electrons. The lowest BCUT2D eigenvalue weighted by Gasteiger charge is -2.36. The summed E-state index contributed by atoms with van der Waals surface area (Å²) < 4.78 is 0. The predicted octanol–water partition coefficient (Wildman–Crippen LogP) is 2.03. The number of guanidine groups is 1. The van der Waals surface area contributed by atoms with E-state index in [4.69, 9.17) is 0 Å². The molecule has 0 spiro atoms. The number of para-hydroxylation sites is 1. The normalized spacial score (nSPS) is 25.6. The Labute approximate surface area is 168 Å². The number of aliphatic imine (C=N–C) groups is 1. The first kappa shape index (κ1) is 19.1. The first-order chi connectivity index (χ1) is 13.7. The summed E-state index contributed by atoms with van der Waals surface area (Å²) in [5, 5.41) is 3.33. The monoisotopic (exact) mass is 383 g/mol. The standard InChI is InChI=1S/C22H33N5O/c1-23-22(27-16-18-7-5-6-8-19(18)17-27)24-15-21(28)26-13-11-25(12-14-26)20-9-3-2-4-10-20/h2-4,9-10,18-19H,5-8,11-17H2,1H3,(H,23,24). The van der Waals surface area contributed by atoms with Gasteiger partial charge in [-0.1, -0.05) is 31.0 Å². The first-order valence-corrected chi connectivity index (χ1v) is 10.8. The van der Waals surface area contributed by atoms with E-state index in [0.717, 1.165) is 57.1 Å². The molecule has 4 rings (SSSR count). The second-order valence-electron chi connectivity index (χ2n) is 8.31. The topological polar surface area (TPSA) is 51.2 Å². The Balaban J connectivity index is 1.24. The molecular weight excluding hydrogens is 350 g/mol. The van der Waals surface area contributed by atoms with Gasteiger partial charge >= 0.3 is 0 Å². The SMILES string of the molecule is CN=C(NCC(=O)N1CCN(c2ccccc2)CC1)N1CC2CCCCC2C1. The maximum absolute atomic E-state index is 12.7. The molecule has 0 aromatic heterocycles. The molecule has 1 saturated carbocycles. The van der Waals surface area contributed by atoms with Gasteiger partial charge in [0.2, 0.25) is 5.91 Å². The minimum atomic E-state index is 0.172. The van der Waals surface area contributed by atoms with E-state index in [9.17, 15) is 4.79 Å². The average molecular weight is 384 g/mol. The van der Waals surface area contributed by atoms with E-state index in [1.165, 1.54) is 31.4 Å². The van der Waals surface area contributed by atoms with Crippen molar-refractivity contribution in [2.24, 2.45) is 16.8 Å². The Bertz CT molecular complexity index is 669. The second kappa shape index (κ2) is 8.84. The number of nitrogens with zero attached hydrogens (tertiary/aromatic N) is 4. The number of likely N-dealkylation sites (tertiary alicyclic amines) is 1. The average Bonchev–Trinajstić information content (AvgIpc) is 3.19. The number of amides is 1. The van der Waals surface area contributed by atoms with E-state index in [0.29, 0.717) is 6.54 Å². The number of nitrogens with one attached hydrogen (secondary N) is 1. The van der Waals surface area contributed by atoms with Crippen molar-refractivity contribution in [3.63, 3.8) is 0 Å². The molecule has 3 aliphatic rings. The highest BCUT2D eigenvalue weighted by molar-refractivity contribution is 5.86. The Morgan fingerprint density at radius 2 is 1.64 bits per heavy atom. The van der Waals surface area contributed by atoms with E-state index >= 15 is 0 Å². The van der Waals surface area contributed by atoms with Gasteiger partial charge in [-0.25, -0.2) is 0 Å². The molecule has 2 heterocycles. The Morgan fingerprint density at radius 1 is 1.00 bits per heavy atom. The molecule has 3 fully saturated rings. The predicted molar refractivity (Wildman–Crippen MR) is 114 cm³/mol. The van der Waals surface area contributed by atoms with Gasteiger partial charge < -0.3 is 20.0 Å². The number of piperazine rings is 1. The highest BCUT2D eigenvalue weighted by atomic mass is 16.2. The Kier molecular flexibility index (Phi) is 6.03. The number of hydrogen-bond acceptors (Lipinski definition) is 3. The Hall–Kier alpha value is -2.24. The largest absolute Gasteiger partial charge is 0.368 e. The summed E-state index contributed by atoms with van der Waals surface area (Å²) in [6.45, 7) is 5.86. The van der Waals surface area contributed by atoms with Crippen LogP contribution in [0, 0.1) is 11.8 Å². The van der Waals surface area contributed by atoms with Gasteiger partial charge in [-0.3, -0.25) is 9.79 Å². The molecular formula is C22H33N5O. The van der Waals surface area contributed by atoms with Crippen LogP contribution >= 0.6 is 0 Å². The molecule has 1 aromatic carbocycles. The van der Waals surface area contributed by atoms with Gasteiger partial charge in [-0.05, 0) is 36.8 Å². The number of anilines is 1. The zero-order valence-corrected chi connectivity index (χ0v) is 17.0. The fraction of sp³-hybridized carbons (Fsp3) is 0.636. The molecule has 1 aliphatic carbocycles. The third-order valence-corrected chi connectivity index (χ3v) is 6.64. The fourth-order valence-corrected chi connectivity index (χ4v) is 5.03. The van der Waals surface area contributed by atoms with Crippen LogP contribution in [0.2, 0.25) is 0 Å². The molecule has 28 heavy (non-hydrogen) atoms. The first-order valence-electron chi connectivity index (χ1n) is 10.8. The van der Waals surface area contributed by atoms with Crippen LogP contribution in [0.3, 0.4) is 0 Å². The summed E-state index contributed by atoms with van der Waals surface area (Å²) >= 11 is 0. The van der Waals surface area contributed by atoms with Gasteiger partial charge in [0.1, 0.15) is 0 Å². The fourth-order valence-electron chi connectivity index (χ4n) is 5.03. The van der Waals surface area contributed by atoms with Gasteiger partial charge in [-0.2, -0.15) is 0 Å². The van der Waals surface area contributed by atoms with E-state index < -0.39 is 0 Å². The Morgan fingerprint density at radius 3 is 2.25 bits per heavy atom. The van der Waals surface area contributed by atoms with Crippen LogP contribution in [0.25, 0.3) is 0 Å². The minimum absolute atomic E-state index is 0.172. The van der Waals surface area contributed by atoms with Crippen molar-refractivity contribution in [3.05, 3.63) is 30.3 Å². The lowest BCUT2D eigenvalue weighted by atomic mass is 9.82. The second-order valence-corrected chi connectivity index (χ2v) is 8.31. The third-order valence-electron chi connectivity index (χ3n) is 6.64. The van der Waals surface area contributed by atoms with Gasteiger partial charge in [0.25, 0.3) is 0 Å². The maximum Gasteiger partial charge on any atom is 0.242 e. The molecule has 2 aliphatic heterocycles. The number of carbonyl (C=O) groups is 1. The van der Waals surface area contributed by atoms with Crippen molar-refractivity contribution in [2.75, 3.05) is 57.8 Å². The van der Waals surface area contributed by atoms with Crippen LogP contribution in [0.15, 0.2) is 35.3 Å². The quantitative estimate of drug-likeness (QED) is 0.641. The van der Waals surface area contributed by atoms with Gasteiger partial charge in [-0.15, -0.1) is 0 Å². The molecule has 1 aromatic rings. The summed E-state index contributed by atoms with van der Waals surface area (Å²) in [6, 6.07) is 10.4. The smallest absolute Gasteiger partial charge is 0.242 e. The van der Waals surface area contributed by atoms with Crippen LogP contribution in [-0.4, -0.2) is 74.5 Å². The van der Waals surface area contributed by atoms with Gasteiger partial charge in [0.15, 0.2) is 5.96 Å². The van der Waals surface area contributed by atoms with Crippen molar-refractivity contribution >= 4 is 17.6 Å². The van der Waals surface area contributed by atoms with E-state index in [-0.39, 0.29) is 5.91 Å². The van der Waals surface area contributed by atoms with Crippen LogP contribution in [-0.2, 0) is 4.79 Å². The summed E-state index contributed by atoms with van der Waals surface area (Å²) in [6.07, 6.45) is 5.44. The summed E-state index contributed by atoms with van der Waals surface area (Å²) in [7, 11) is 1.83. The van der Waals surface area contributed by atoms with Crippen molar-refractivity contribution in [1.29, 1.82) is 0 Å². The summed E-state index contributed by atoms with van der Waals surface area (Å²) in [5.41, 5.74) is 1.24. The lowest BCUT2D eigenvalue weighted by molar-refractivity contribution is -0.130. The number of benzene rings is 1. The van der Waals surface area contributed by atoms with E-state index in [1.807, 2.05) is 18.0 Å². The molecule has 1 amide bonds. The zero-order chi connectivity index (χ0) is 19.3. The molecule has 2 unspecified atom stereocenters. The maximum atomic E-state index is 12.7. The highest BCUT2D eigenvalue weighted by Gasteiger charge is 2.35. The zero-order valence-electron chi connectivity index (χ0n) is 17.0. The van der Waals surface area contributed by atoms with Crippen molar-refractivity contribution < 1.29 is 4.79 Å². The van der Waals surface area contributed by atoms with Gasteiger partial charge in [0, 0.05) is 52.0 Å². The van der Waals surface area contributed by atoms with Crippen LogP contribution in [0.1, 0.15) is 25.7 Å². The molecule has 0 bridgehead atoms. The lowest BCUT2D eigenvalue weighted by Crippen LogP contribution is -2.52. The summed E-state index contributed by atoms with van der Waals surface area (Å²) in [4.78, 5) is 23.8. The van der Waals surface area contributed by atoms with Crippen molar-refractivity contribution in [1.82, 2.24) is 15.1 Å². The molecule has 2 atom stereocenters. The molecule has 1 N–H and O–H groups in total. The molecule has 2 saturated heterocycles. The molecule has 6 heteroatoms. The number of rotatable bonds is 3. The van der Waals surface area contributed by atoms with E-state index in [2.05, 4.69) is 44.4 Å². The highest BCUT2D eigenvalue weighted by Crippen LogP contribution is 2.35. The number of carbonyl (C=O) groups excluding carboxylic acids is 1. The van der Waals surface area contributed by atoms with Gasteiger partial charge in [0.05, 0.1) is 6.54 Å². The van der Waals surface area contributed by atoms with E-state index in [1.54, 1.807) is 0 Å². The van der Waals surface area contributed by atoms with Crippen LogP contribution < -0.4 is 10.2 Å².